The fourth-order valence-electron chi connectivity index (χ4n) is 2.96. The van der Waals surface area contributed by atoms with E-state index >= 15 is 0 Å². The standard InChI is InChI=1S/C16H9ClN4O/c1-20-11-4-2-3-5-12(11)21-13-6-14(17)19-8-10(13)15(22)9(7-18)16(20)21/h2-6,8H,1H3. The van der Waals surface area contributed by atoms with Crippen molar-refractivity contribution >= 4 is 39.2 Å². The van der Waals surface area contributed by atoms with Crippen LogP contribution in [-0.4, -0.2) is 14.0 Å². The van der Waals surface area contributed by atoms with Gasteiger partial charge < -0.3 is 4.57 Å². The number of para-hydroxylation sites is 2. The van der Waals surface area contributed by atoms with Gasteiger partial charge in [0.1, 0.15) is 22.4 Å². The van der Waals surface area contributed by atoms with Crippen molar-refractivity contribution in [2.45, 2.75) is 0 Å². The minimum absolute atomic E-state index is 0.107. The number of fused-ring (bicyclic) bond motifs is 5. The average Bonchev–Trinajstić information content (AvgIpc) is 2.82. The van der Waals surface area contributed by atoms with Gasteiger partial charge in [0.25, 0.3) is 0 Å². The Morgan fingerprint density at radius 3 is 2.68 bits per heavy atom. The Hall–Kier alpha value is -2.84. The van der Waals surface area contributed by atoms with Gasteiger partial charge in [-0.25, -0.2) is 4.98 Å². The van der Waals surface area contributed by atoms with Gasteiger partial charge in [-0.15, -0.1) is 0 Å². The van der Waals surface area contributed by atoms with Crippen molar-refractivity contribution < 1.29 is 0 Å². The zero-order chi connectivity index (χ0) is 15.4. The minimum Gasteiger partial charge on any atom is -0.328 e. The Balaban J connectivity index is 2.50. The lowest BCUT2D eigenvalue weighted by atomic mass is 10.2. The lowest BCUT2D eigenvalue weighted by molar-refractivity contribution is 0.986. The van der Waals surface area contributed by atoms with Crippen molar-refractivity contribution in [3.8, 4) is 6.07 Å². The summed E-state index contributed by atoms with van der Waals surface area (Å²) in [6.45, 7) is 0. The predicted molar refractivity (Wildman–Crippen MR) is 85.2 cm³/mol. The van der Waals surface area contributed by atoms with Gasteiger partial charge in [0.15, 0.2) is 0 Å². The molecule has 0 amide bonds. The molecule has 0 unspecified atom stereocenters. The number of nitriles is 1. The first-order valence-corrected chi connectivity index (χ1v) is 6.99. The largest absolute Gasteiger partial charge is 0.328 e. The average molecular weight is 309 g/mol. The fourth-order valence-corrected chi connectivity index (χ4v) is 3.11. The third-order valence-corrected chi connectivity index (χ3v) is 4.12. The Kier molecular flexibility index (Phi) is 2.53. The Bertz CT molecular complexity index is 1180. The number of aryl methyl sites for hydroxylation is 1. The van der Waals surface area contributed by atoms with E-state index in [2.05, 4.69) is 4.98 Å². The van der Waals surface area contributed by atoms with Crippen LogP contribution >= 0.6 is 11.6 Å². The summed E-state index contributed by atoms with van der Waals surface area (Å²) < 4.78 is 3.74. The highest BCUT2D eigenvalue weighted by Gasteiger charge is 2.18. The SMILES string of the molecule is Cn1c2ccccc2n2c3cc(Cl)ncc3c(=O)c(C#N)c12. The number of imidazole rings is 1. The van der Waals surface area contributed by atoms with E-state index in [1.54, 1.807) is 6.07 Å². The summed E-state index contributed by atoms with van der Waals surface area (Å²) in [6.07, 6.45) is 1.43. The molecule has 3 heterocycles. The van der Waals surface area contributed by atoms with E-state index in [0.29, 0.717) is 21.7 Å². The monoisotopic (exact) mass is 308 g/mol. The molecule has 4 aromatic rings. The van der Waals surface area contributed by atoms with Crippen LogP contribution in [0, 0.1) is 11.3 Å². The number of hydrogen-bond donors (Lipinski definition) is 0. The number of pyridine rings is 2. The topological polar surface area (TPSA) is 63.1 Å². The zero-order valence-corrected chi connectivity index (χ0v) is 12.3. The van der Waals surface area contributed by atoms with Gasteiger partial charge in [-0.2, -0.15) is 5.26 Å². The molecule has 6 heteroatoms. The zero-order valence-electron chi connectivity index (χ0n) is 11.5. The van der Waals surface area contributed by atoms with Crippen LogP contribution in [0.3, 0.4) is 0 Å². The van der Waals surface area contributed by atoms with Crippen molar-refractivity contribution in [3.05, 3.63) is 57.5 Å². The molecule has 1 aromatic carbocycles. The van der Waals surface area contributed by atoms with Crippen LogP contribution in [0.4, 0.5) is 0 Å². The van der Waals surface area contributed by atoms with Crippen LogP contribution in [0.1, 0.15) is 5.56 Å². The van der Waals surface area contributed by atoms with Gasteiger partial charge in [0.2, 0.25) is 5.43 Å². The molecule has 0 bridgehead atoms. The highest BCUT2D eigenvalue weighted by Crippen LogP contribution is 2.26. The molecule has 0 fully saturated rings. The normalized spacial score (nSPS) is 11.3. The maximum Gasteiger partial charge on any atom is 0.210 e. The van der Waals surface area contributed by atoms with Crippen molar-refractivity contribution in [2.24, 2.45) is 7.05 Å². The highest BCUT2D eigenvalue weighted by molar-refractivity contribution is 6.30. The lowest BCUT2D eigenvalue weighted by Gasteiger charge is -2.05. The second kappa shape index (κ2) is 4.33. The number of halogens is 1. The van der Waals surface area contributed by atoms with Gasteiger partial charge in [-0.1, -0.05) is 23.7 Å². The number of nitrogens with zero attached hydrogens (tertiary/aromatic N) is 4. The van der Waals surface area contributed by atoms with Gasteiger partial charge in [-0.3, -0.25) is 9.20 Å². The summed E-state index contributed by atoms with van der Waals surface area (Å²) in [7, 11) is 1.84. The number of rotatable bonds is 0. The lowest BCUT2D eigenvalue weighted by Crippen LogP contribution is -2.12. The second-order valence-corrected chi connectivity index (χ2v) is 5.43. The minimum atomic E-state index is -0.326. The van der Waals surface area contributed by atoms with Crippen LogP contribution in [0.2, 0.25) is 5.15 Å². The number of aromatic nitrogens is 3. The molecule has 0 saturated heterocycles. The first kappa shape index (κ1) is 12.9. The molecule has 4 rings (SSSR count). The molecule has 0 spiro atoms. The van der Waals surface area contributed by atoms with Crippen LogP contribution < -0.4 is 5.43 Å². The summed E-state index contributed by atoms with van der Waals surface area (Å²) >= 11 is 6.00. The maximum atomic E-state index is 12.6. The molecular weight excluding hydrogens is 300 g/mol. The van der Waals surface area contributed by atoms with E-state index in [0.717, 1.165) is 11.0 Å². The van der Waals surface area contributed by atoms with Gasteiger partial charge in [0.05, 0.1) is 21.9 Å². The molecule has 3 aromatic heterocycles. The van der Waals surface area contributed by atoms with Crippen LogP contribution in [0.25, 0.3) is 27.6 Å². The van der Waals surface area contributed by atoms with Crippen LogP contribution in [-0.2, 0) is 7.05 Å². The molecule has 0 atom stereocenters. The summed E-state index contributed by atoms with van der Waals surface area (Å²) in [5.74, 6) is 0. The summed E-state index contributed by atoms with van der Waals surface area (Å²) in [5, 5.41) is 10.1. The number of benzene rings is 1. The molecule has 0 aliphatic rings. The van der Waals surface area contributed by atoms with Gasteiger partial charge >= 0.3 is 0 Å². The molecular formula is C16H9ClN4O. The molecule has 0 saturated carbocycles. The van der Waals surface area contributed by atoms with Crippen molar-refractivity contribution in [1.29, 1.82) is 5.26 Å². The quantitative estimate of drug-likeness (QED) is 0.469. The summed E-state index contributed by atoms with van der Waals surface area (Å²) in [6, 6.07) is 11.4. The second-order valence-electron chi connectivity index (χ2n) is 5.05. The molecule has 5 nitrogen and oxygen atoms in total. The summed E-state index contributed by atoms with van der Waals surface area (Å²) in [5.41, 5.74) is 2.82. The van der Waals surface area contributed by atoms with Crippen molar-refractivity contribution in [1.82, 2.24) is 14.0 Å². The molecule has 0 aliphatic heterocycles. The smallest absolute Gasteiger partial charge is 0.210 e. The first-order valence-electron chi connectivity index (χ1n) is 6.61. The Morgan fingerprint density at radius 2 is 1.95 bits per heavy atom. The van der Waals surface area contributed by atoms with E-state index in [9.17, 15) is 10.1 Å². The van der Waals surface area contributed by atoms with E-state index < -0.39 is 0 Å². The molecule has 0 aliphatic carbocycles. The van der Waals surface area contributed by atoms with E-state index in [4.69, 9.17) is 11.6 Å². The van der Waals surface area contributed by atoms with Crippen LogP contribution in [0.5, 0.6) is 0 Å². The summed E-state index contributed by atoms with van der Waals surface area (Å²) in [4.78, 5) is 16.6. The van der Waals surface area contributed by atoms with E-state index in [1.165, 1.54) is 6.20 Å². The maximum absolute atomic E-state index is 12.6. The van der Waals surface area contributed by atoms with Crippen molar-refractivity contribution in [3.63, 3.8) is 0 Å². The third-order valence-electron chi connectivity index (χ3n) is 3.91. The molecule has 0 N–H and O–H groups in total. The highest BCUT2D eigenvalue weighted by atomic mass is 35.5. The van der Waals surface area contributed by atoms with Gasteiger partial charge in [-0.05, 0) is 12.1 Å². The fraction of sp³-hybridized carbons (Fsp3) is 0.0625. The predicted octanol–water partition coefficient (Wildman–Crippen LogP) is 2.86. The van der Waals surface area contributed by atoms with Gasteiger partial charge in [0, 0.05) is 19.3 Å². The van der Waals surface area contributed by atoms with Crippen LogP contribution in [0.15, 0.2) is 41.3 Å². The molecule has 22 heavy (non-hydrogen) atoms. The third kappa shape index (κ3) is 1.47. The van der Waals surface area contributed by atoms with Crippen molar-refractivity contribution in [2.75, 3.05) is 0 Å². The Morgan fingerprint density at radius 1 is 1.23 bits per heavy atom. The Labute approximate surface area is 129 Å². The molecule has 0 radical (unpaired) electrons. The molecule has 106 valence electrons. The first-order chi connectivity index (χ1) is 10.6. The van der Waals surface area contributed by atoms with E-state index in [1.807, 2.05) is 46.4 Å². The number of hydrogen-bond acceptors (Lipinski definition) is 3. The van der Waals surface area contributed by atoms with E-state index in [-0.39, 0.29) is 11.0 Å².